The summed E-state index contributed by atoms with van der Waals surface area (Å²) in [6.45, 7) is 3.87. The molecule has 0 radical (unpaired) electrons. The van der Waals surface area contributed by atoms with Crippen molar-refractivity contribution in [2.45, 2.75) is 45.1 Å². The SMILES string of the molecule is CCCC1NCN(CCC2CC2)C1=O. The van der Waals surface area contributed by atoms with Gasteiger partial charge in [-0.2, -0.15) is 0 Å². The Balaban J connectivity index is 1.74. The molecule has 1 aliphatic carbocycles. The summed E-state index contributed by atoms with van der Waals surface area (Å²) >= 11 is 0. The Morgan fingerprint density at radius 3 is 2.86 bits per heavy atom. The molecule has 1 saturated heterocycles. The van der Waals surface area contributed by atoms with Crippen molar-refractivity contribution in [3.8, 4) is 0 Å². The van der Waals surface area contributed by atoms with Gasteiger partial charge in [-0.05, 0) is 18.8 Å². The standard InChI is InChI=1S/C11H20N2O/c1-2-3-10-11(14)13(8-12-10)7-6-9-4-5-9/h9-10,12H,2-8H2,1H3. The van der Waals surface area contributed by atoms with E-state index in [1.807, 2.05) is 4.90 Å². The lowest BCUT2D eigenvalue weighted by Gasteiger charge is -2.14. The van der Waals surface area contributed by atoms with Crippen molar-refractivity contribution in [2.75, 3.05) is 13.2 Å². The fourth-order valence-corrected chi connectivity index (χ4v) is 2.05. The van der Waals surface area contributed by atoms with Crippen LogP contribution in [0.25, 0.3) is 0 Å². The Morgan fingerprint density at radius 1 is 1.43 bits per heavy atom. The van der Waals surface area contributed by atoms with Gasteiger partial charge >= 0.3 is 0 Å². The molecule has 2 fully saturated rings. The number of nitrogens with zero attached hydrogens (tertiary/aromatic N) is 1. The molecule has 1 heterocycles. The maximum atomic E-state index is 11.8. The van der Waals surface area contributed by atoms with Gasteiger partial charge in [-0.25, -0.2) is 0 Å². The monoisotopic (exact) mass is 196 g/mol. The lowest BCUT2D eigenvalue weighted by atomic mass is 10.1. The van der Waals surface area contributed by atoms with Crippen molar-refractivity contribution in [3.05, 3.63) is 0 Å². The van der Waals surface area contributed by atoms with E-state index in [1.54, 1.807) is 0 Å². The van der Waals surface area contributed by atoms with Crippen LogP contribution in [-0.2, 0) is 4.79 Å². The van der Waals surface area contributed by atoms with Gasteiger partial charge in [-0.1, -0.05) is 26.2 Å². The van der Waals surface area contributed by atoms with Crippen molar-refractivity contribution >= 4 is 5.91 Å². The van der Waals surface area contributed by atoms with Crippen molar-refractivity contribution in [1.82, 2.24) is 10.2 Å². The number of carbonyl (C=O) groups is 1. The normalized spacial score (nSPS) is 27.4. The highest BCUT2D eigenvalue weighted by Gasteiger charge is 2.31. The minimum absolute atomic E-state index is 0.110. The molecular formula is C11H20N2O. The van der Waals surface area contributed by atoms with E-state index in [9.17, 15) is 4.79 Å². The zero-order valence-electron chi connectivity index (χ0n) is 8.96. The van der Waals surface area contributed by atoms with Crippen molar-refractivity contribution in [2.24, 2.45) is 5.92 Å². The van der Waals surface area contributed by atoms with Gasteiger partial charge in [0.05, 0.1) is 12.7 Å². The summed E-state index contributed by atoms with van der Waals surface area (Å²) in [5, 5.41) is 3.28. The lowest BCUT2D eigenvalue weighted by Crippen LogP contribution is -2.31. The summed E-state index contributed by atoms with van der Waals surface area (Å²) in [6, 6.07) is 0.110. The number of hydrogen-bond donors (Lipinski definition) is 1. The highest BCUT2D eigenvalue weighted by atomic mass is 16.2. The molecule has 0 spiro atoms. The van der Waals surface area contributed by atoms with E-state index in [0.29, 0.717) is 5.91 Å². The van der Waals surface area contributed by atoms with Gasteiger partial charge in [0, 0.05) is 6.54 Å². The van der Waals surface area contributed by atoms with E-state index < -0.39 is 0 Å². The number of carbonyl (C=O) groups excluding carboxylic acids is 1. The molecule has 1 amide bonds. The molecule has 0 bridgehead atoms. The van der Waals surface area contributed by atoms with Crippen LogP contribution in [0.3, 0.4) is 0 Å². The molecule has 0 aromatic rings. The molecule has 3 nitrogen and oxygen atoms in total. The molecule has 1 saturated carbocycles. The van der Waals surface area contributed by atoms with Gasteiger partial charge in [0.2, 0.25) is 5.91 Å². The number of hydrogen-bond acceptors (Lipinski definition) is 2. The minimum atomic E-state index is 0.110. The Hall–Kier alpha value is -0.570. The number of amides is 1. The van der Waals surface area contributed by atoms with Crippen molar-refractivity contribution in [1.29, 1.82) is 0 Å². The highest BCUT2D eigenvalue weighted by Crippen LogP contribution is 2.32. The average molecular weight is 196 g/mol. The fourth-order valence-electron chi connectivity index (χ4n) is 2.05. The van der Waals surface area contributed by atoms with Crippen LogP contribution in [0, 0.1) is 5.92 Å². The molecule has 2 rings (SSSR count). The lowest BCUT2D eigenvalue weighted by molar-refractivity contribution is -0.129. The Bertz CT molecular complexity index is 213. The molecule has 1 atom stereocenters. The molecule has 2 aliphatic rings. The summed E-state index contributed by atoms with van der Waals surface area (Å²) in [5.74, 6) is 1.25. The molecule has 1 unspecified atom stereocenters. The van der Waals surface area contributed by atoms with Gasteiger partial charge in [0.15, 0.2) is 0 Å². The van der Waals surface area contributed by atoms with Crippen molar-refractivity contribution in [3.63, 3.8) is 0 Å². The third-order valence-corrected chi connectivity index (χ3v) is 3.22. The zero-order chi connectivity index (χ0) is 9.97. The Labute approximate surface area is 85.8 Å². The first-order chi connectivity index (χ1) is 6.81. The fraction of sp³-hybridized carbons (Fsp3) is 0.909. The van der Waals surface area contributed by atoms with Crippen LogP contribution in [0.2, 0.25) is 0 Å². The summed E-state index contributed by atoms with van der Waals surface area (Å²) in [5.41, 5.74) is 0. The largest absolute Gasteiger partial charge is 0.329 e. The first-order valence-electron chi connectivity index (χ1n) is 5.83. The number of rotatable bonds is 5. The molecular weight excluding hydrogens is 176 g/mol. The molecule has 1 N–H and O–H groups in total. The molecule has 14 heavy (non-hydrogen) atoms. The Morgan fingerprint density at radius 2 is 2.21 bits per heavy atom. The first-order valence-corrected chi connectivity index (χ1v) is 5.83. The molecule has 3 heteroatoms. The molecule has 0 aromatic heterocycles. The highest BCUT2D eigenvalue weighted by molar-refractivity contribution is 5.83. The van der Waals surface area contributed by atoms with Crippen LogP contribution in [0.4, 0.5) is 0 Å². The molecule has 0 aromatic carbocycles. The summed E-state index contributed by atoms with van der Waals surface area (Å²) in [6.07, 6.45) is 6.05. The predicted octanol–water partition coefficient (Wildman–Crippen LogP) is 1.34. The van der Waals surface area contributed by atoms with Gasteiger partial charge in [0.25, 0.3) is 0 Å². The van der Waals surface area contributed by atoms with Crippen LogP contribution in [0.5, 0.6) is 0 Å². The van der Waals surface area contributed by atoms with E-state index in [2.05, 4.69) is 12.2 Å². The smallest absolute Gasteiger partial charge is 0.240 e. The average Bonchev–Trinajstić information content (AvgIpc) is 2.94. The second kappa shape index (κ2) is 4.30. The quantitative estimate of drug-likeness (QED) is 0.719. The second-order valence-electron chi connectivity index (χ2n) is 4.54. The van der Waals surface area contributed by atoms with Crippen LogP contribution in [0.15, 0.2) is 0 Å². The van der Waals surface area contributed by atoms with Gasteiger partial charge in [0.1, 0.15) is 0 Å². The van der Waals surface area contributed by atoms with E-state index in [4.69, 9.17) is 0 Å². The maximum absolute atomic E-state index is 11.8. The summed E-state index contributed by atoms with van der Waals surface area (Å²) in [4.78, 5) is 13.8. The van der Waals surface area contributed by atoms with Gasteiger partial charge in [-0.3, -0.25) is 10.1 Å². The number of nitrogens with one attached hydrogen (secondary N) is 1. The van der Waals surface area contributed by atoms with E-state index in [0.717, 1.165) is 32.0 Å². The summed E-state index contributed by atoms with van der Waals surface area (Å²) in [7, 11) is 0. The van der Waals surface area contributed by atoms with Crippen LogP contribution >= 0.6 is 0 Å². The van der Waals surface area contributed by atoms with Gasteiger partial charge in [-0.15, -0.1) is 0 Å². The van der Waals surface area contributed by atoms with E-state index >= 15 is 0 Å². The van der Waals surface area contributed by atoms with Crippen LogP contribution < -0.4 is 5.32 Å². The third-order valence-electron chi connectivity index (χ3n) is 3.22. The zero-order valence-corrected chi connectivity index (χ0v) is 8.96. The summed E-state index contributed by atoms with van der Waals surface area (Å²) < 4.78 is 0. The van der Waals surface area contributed by atoms with E-state index in [1.165, 1.54) is 19.3 Å². The molecule has 1 aliphatic heterocycles. The molecule has 80 valence electrons. The maximum Gasteiger partial charge on any atom is 0.240 e. The van der Waals surface area contributed by atoms with Crippen LogP contribution in [0.1, 0.15) is 39.0 Å². The van der Waals surface area contributed by atoms with Crippen LogP contribution in [-0.4, -0.2) is 30.1 Å². The Kier molecular flexibility index (Phi) is 3.06. The van der Waals surface area contributed by atoms with Gasteiger partial charge < -0.3 is 4.90 Å². The topological polar surface area (TPSA) is 32.3 Å². The third kappa shape index (κ3) is 2.27. The van der Waals surface area contributed by atoms with Crippen molar-refractivity contribution < 1.29 is 4.79 Å². The minimum Gasteiger partial charge on any atom is -0.329 e. The predicted molar refractivity (Wildman–Crippen MR) is 55.8 cm³/mol. The van der Waals surface area contributed by atoms with E-state index in [-0.39, 0.29) is 6.04 Å². The first kappa shape index (κ1) is 9.97. The second-order valence-corrected chi connectivity index (χ2v) is 4.54.